The van der Waals surface area contributed by atoms with E-state index in [1.807, 2.05) is 6.07 Å². The van der Waals surface area contributed by atoms with E-state index in [4.69, 9.17) is 16.3 Å². The molecule has 3 rings (SSSR count). The zero-order valence-electron chi connectivity index (χ0n) is 13.2. The summed E-state index contributed by atoms with van der Waals surface area (Å²) in [5, 5.41) is 8.80. The number of aldehydes is 1. The highest BCUT2D eigenvalue weighted by molar-refractivity contribution is 7.92. The Hall–Kier alpha value is -2.36. The Morgan fingerprint density at radius 1 is 1.16 bits per heavy atom. The van der Waals surface area contributed by atoms with E-state index in [-0.39, 0.29) is 4.90 Å². The van der Waals surface area contributed by atoms with Gasteiger partial charge in [0, 0.05) is 10.9 Å². The number of hydrogen-bond acceptors (Lipinski definition) is 5. The van der Waals surface area contributed by atoms with Crippen molar-refractivity contribution >= 4 is 27.7 Å². The van der Waals surface area contributed by atoms with E-state index >= 15 is 0 Å². The van der Waals surface area contributed by atoms with E-state index < -0.39 is 26.4 Å². The minimum atomic E-state index is -3.87. The zero-order chi connectivity index (χ0) is 18.2. The van der Waals surface area contributed by atoms with E-state index in [2.05, 4.69) is 0 Å². The molecule has 1 aliphatic carbocycles. The molecule has 0 bridgehead atoms. The van der Waals surface area contributed by atoms with Crippen molar-refractivity contribution in [1.29, 1.82) is 5.26 Å². The number of hydrogen-bond donors (Lipinski definition) is 0. The first-order valence-electron chi connectivity index (χ1n) is 7.41. The molecule has 0 saturated heterocycles. The summed E-state index contributed by atoms with van der Waals surface area (Å²) in [6.07, 6.45) is 0.444. The largest absolute Gasteiger partial charge is 0.497 e. The van der Waals surface area contributed by atoms with Crippen LogP contribution >= 0.6 is 11.6 Å². The SMILES string of the molecule is COc1ccc(C2C(S(=O)(=O)c3ccc(Cl)cc3)C2(C#N)C=O)cc1. The normalized spacial score (nSPS) is 25.0. The number of methoxy groups -OCH3 is 1. The van der Waals surface area contributed by atoms with Gasteiger partial charge >= 0.3 is 0 Å². The van der Waals surface area contributed by atoms with Gasteiger partial charge in [-0.15, -0.1) is 0 Å². The van der Waals surface area contributed by atoms with Crippen LogP contribution in [0.3, 0.4) is 0 Å². The predicted octanol–water partition coefficient (Wildman–Crippen LogP) is 3.00. The van der Waals surface area contributed by atoms with Gasteiger partial charge in [0.25, 0.3) is 0 Å². The molecule has 1 aliphatic rings. The first-order valence-corrected chi connectivity index (χ1v) is 9.34. The van der Waals surface area contributed by atoms with Crippen LogP contribution in [0, 0.1) is 16.7 Å². The number of nitriles is 1. The predicted molar refractivity (Wildman–Crippen MR) is 92.3 cm³/mol. The highest BCUT2D eigenvalue weighted by Gasteiger charge is 2.72. The van der Waals surface area contributed by atoms with Crippen molar-refractivity contribution in [2.75, 3.05) is 7.11 Å². The van der Waals surface area contributed by atoms with Gasteiger partial charge in [0.2, 0.25) is 0 Å². The molecule has 0 amide bonds. The number of ether oxygens (including phenoxy) is 1. The fourth-order valence-electron chi connectivity index (χ4n) is 3.14. The van der Waals surface area contributed by atoms with Crippen LogP contribution in [-0.2, 0) is 14.6 Å². The van der Waals surface area contributed by atoms with Crippen LogP contribution in [0.4, 0.5) is 0 Å². The minimum absolute atomic E-state index is 0.0411. The zero-order valence-corrected chi connectivity index (χ0v) is 14.8. The monoisotopic (exact) mass is 375 g/mol. The summed E-state index contributed by atoms with van der Waals surface area (Å²) in [5.41, 5.74) is -0.982. The summed E-state index contributed by atoms with van der Waals surface area (Å²) < 4.78 is 31.0. The second-order valence-corrected chi connectivity index (χ2v) is 8.34. The van der Waals surface area contributed by atoms with Gasteiger partial charge in [-0.2, -0.15) is 5.26 Å². The molecular weight excluding hydrogens is 362 g/mol. The van der Waals surface area contributed by atoms with E-state index in [1.54, 1.807) is 24.3 Å². The number of carbonyl (C=O) groups is 1. The lowest BCUT2D eigenvalue weighted by molar-refractivity contribution is -0.110. The second-order valence-electron chi connectivity index (χ2n) is 5.83. The van der Waals surface area contributed by atoms with Gasteiger partial charge in [-0.05, 0) is 42.0 Å². The smallest absolute Gasteiger partial charge is 0.183 e. The Morgan fingerprint density at radius 3 is 2.24 bits per heavy atom. The van der Waals surface area contributed by atoms with Crippen molar-refractivity contribution in [3.05, 3.63) is 59.1 Å². The summed E-state index contributed by atoms with van der Waals surface area (Å²) in [5.74, 6) is -0.114. The molecule has 0 heterocycles. The summed E-state index contributed by atoms with van der Waals surface area (Å²) in [6.45, 7) is 0. The molecule has 0 aliphatic heterocycles. The van der Waals surface area contributed by atoms with Gasteiger partial charge in [0.1, 0.15) is 22.7 Å². The number of halogens is 1. The van der Waals surface area contributed by atoms with Crippen LogP contribution in [0.1, 0.15) is 11.5 Å². The lowest BCUT2D eigenvalue weighted by Gasteiger charge is -2.05. The third-order valence-electron chi connectivity index (χ3n) is 4.52. The van der Waals surface area contributed by atoms with Gasteiger partial charge in [-0.1, -0.05) is 23.7 Å². The summed E-state index contributed by atoms with van der Waals surface area (Å²) in [6, 6.07) is 14.3. The topological polar surface area (TPSA) is 84.2 Å². The van der Waals surface area contributed by atoms with E-state index in [0.717, 1.165) is 0 Å². The van der Waals surface area contributed by atoms with Crippen LogP contribution in [0.5, 0.6) is 5.75 Å². The Morgan fingerprint density at radius 2 is 1.76 bits per heavy atom. The fraction of sp³-hybridized carbons (Fsp3) is 0.222. The van der Waals surface area contributed by atoms with Crippen molar-refractivity contribution in [2.24, 2.45) is 5.41 Å². The third kappa shape index (κ3) is 2.70. The van der Waals surface area contributed by atoms with Crippen LogP contribution in [0.2, 0.25) is 5.02 Å². The van der Waals surface area contributed by atoms with Crippen LogP contribution in [0.15, 0.2) is 53.4 Å². The van der Waals surface area contributed by atoms with Crippen molar-refractivity contribution in [3.8, 4) is 11.8 Å². The van der Waals surface area contributed by atoms with Crippen LogP contribution in [0.25, 0.3) is 0 Å². The average molecular weight is 376 g/mol. The molecule has 5 nitrogen and oxygen atoms in total. The molecule has 3 atom stereocenters. The maximum absolute atomic E-state index is 13.0. The third-order valence-corrected chi connectivity index (χ3v) is 7.03. The molecule has 0 spiro atoms. The fourth-order valence-corrected chi connectivity index (χ4v) is 5.51. The molecule has 25 heavy (non-hydrogen) atoms. The summed E-state index contributed by atoms with van der Waals surface area (Å²) in [7, 11) is -2.35. The molecule has 2 aromatic rings. The van der Waals surface area contributed by atoms with Crippen molar-refractivity contribution in [2.45, 2.75) is 16.1 Å². The first kappa shape index (κ1) is 17.5. The van der Waals surface area contributed by atoms with Crippen molar-refractivity contribution in [1.82, 2.24) is 0 Å². The van der Waals surface area contributed by atoms with Gasteiger partial charge in [-0.25, -0.2) is 8.42 Å². The number of rotatable bonds is 5. The molecule has 1 saturated carbocycles. The molecular formula is C18H14ClNO4S. The molecule has 0 radical (unpaired) electrons. The van der Waals surface area contributed by atoms with E-state index in [0.29, 0.717) is 22.6 Å². The van der Waals surface area contributed by atoms with Gasteiger partial charge in [0.15, 0.2) is 9.84 Å². The molecule has 3 unspecified atom stereocenters. The molecule has 7 heteroatoms. The number of nitrogens with zero attached hydrogens (tertiary/aromatic N) is 1. The van der Waals surface area contributed by atoms with Crippen molar-refractivity contribution < 1.29 is 17.9 Å². The summed E-state index contributed by atoms with van der Waals surface area (Å²) >= 11 is 5.81. The van der Waals surface area contributed by atoms with Crippen LogP contribution < -0.4 is 4.74 Å². The minimum Gasteiger partial charge on any atom is -0.497 e. The maximum Gasteiger partial charge on any atom is 0.183 e. The highest BCUT2D eigenvalue weighted by Crippen LogP contribution is 2.62. The molecule has 128 valence electrons. The van der Waals surface area contributed by atoms with Gasteiger partial charge < -0.3 is 9.53 Å². The van der Waals surface area contributed by atoms with Gasteiger partial charge in [0.05, 0.1) is 18.1 Å². The standard InChI is InChI=1S/C18H14ClNO4S/c1-24-14-6-2-12(3-7-14)16-17(18(16,10-20)11-21)25(22,23)15-8-4-13(19)5-9-15/h2-9,11,16-17H,1H3. The Bertz CT molecular complexity index is 948. The quantitative estimate of drug-likeness (QED) is 0.750. The Labute approximate surface area is 150 Å². The second kappa shape index (κ2) is 6.17. The lowest BCUT2D eigenvalue weighted by Crippen LogP contribution is -2.16. The molecule has 0 aromatic heterocycles. The Balaban J connectivity index is 2.05. The number of benzene rings is 2. The van der Waals surface area contributed by atoms with Crippen LogP contribution in [-0.4, -0.2) is 27.1 Å². The van der Waals surface area contributed by atoms with Gasteiger partial charge in [-0.3, -0.25) is 0 Å². The number of carbonyl (C=O) groups excluding carboxylic acids is 1. The summed E-state index contributed by atoms with van der Waals surface area (Å²) in [4.78, 5) is 11.7. The molecule has 0 N–H and O–H groups in total. The first-order chi connectivity index (χ1) is 11.9. The van der Waals surface area contributed by atoms with Crippen molar-refractivity contribution in [3.63, 3.8) is 0 Å². The average Bonchev–Trinajstić information content (AvgIpc) is 3.33. The Kier molecular flexibility index (Phi) is 4.31. The molecule has 2 aromatic carbocycles. The maximum atomic E-state index is 13.0. The number of sulfone groups is 1. The van der Waals surface area contributed by atoms with E-state index in [9.17, 15) is 18.5 Å². The highest BCUT2D eigenvalue weighted by atomic mass is 35.5. The van der Waals surface area contributed by atoms with E-state index in [1.165, 1.54) is 31.4 Å². The molecule has 1 fully saturated rings. The lowest BCUT2D eigenvalue weighted by atomic mass is 10.0.